The number of carboxylic acid groups (broad SMARTS) is 1. The smallest absolute Gasteiger partial charge is 0.332 e. The molecule has 1 amide bonds. The molecule has 0 saturated heterocycles. The van der Waals surface area contributed by atoms with Crippen LogP contribution in [0.2, 0.25) is 0 Å². The van der Waals surface area contributed by atoms with Gasteiger partial charge in [0.1, 0.15) is 6.61 Å². The van der Waals surface area contributed by atoms with Gasteiger partial charge in [-0.05, 0) is 20.3 Å². The second-order valence-electron chi connectivity index (χ2n) is 3.55. The lowest BCUT2D eigenvalue weighted by Gasteiger charge is -2.13. The van der Waals surface area contributed by atoms with Gasteiger partial charge in [0.2, 0.25) is 5.91 Å². The Morgan fingerprint density at radius 2 is 2.00 bits per heavy atom. The zero-order valence-electron chi connectivity index (χ0n) is 9.45. The summed E-state index contributed by atoms with van der Waals surface area (Å²) in [6, 6.07) is 0.103. The van der Waals surface area contributed by atoms with Crippen molar-refractivity contribution >= 4 is 11.9 Å². The number of rotatable bonds is 7. The minimum atomic E-state index is -1.07. The van der Waals surface area contributed by atoms with Crippen molar-refractivity contribution in [3.8, 4) is 0 Å². The molecule has 2 unspecified atom stereocenters. The number of nitrogens with one attached hydrogen (secondary N) is 1. The number of carboxylic acids is 1. The molecule has 0 bridgehead atoms. The fourth-order valence-corrected chi connectivity index (χ4v) is 1.09. The first-order valence-electron chi connectivity index (χ1n) is 5.11. The Labute approximate surface area is 89.8 Å². The van der Waals surface area contributed by atoms with Crippen LogP contribution in [-0.4, -0.2) is 35.7 Å². The molecule has 0 spiro atoms. The Morgan fingerprint density at radius 3 is 2.47 bits per heavy atom. The molecule has 0 aromatic heterocycles. The van der Waals surface area contributed by atoms with E-state index in [1.165, 1.54) is 6.92 Å². The summed E-state index contributed by atoms with van der Waals surface area (Å²) < 4.78 is 4.83. The van der Waals surface area contributed by atoms with E-state index in [-0.39, 0.29) is 18.6 Å². The Balaban J connectivity index is 3.70. The van der Waals surface area contributed by atoms with Gasteiger partial charge in [-0.25, -0.2) is 4.79 Å². The highest BCUT2D eigenvalue weighted by molar-refractivity contribution is 5.78. The van der Waals surface area contributed by atoms with Gasteiger partial charge in [-0.3, -0.25) is 4.79 Å². The van der Waals surface area contributed by atoms with Crippen molar-refractivity contribution in [1.29, 1.82) is 0 Å². The molecule has 88 valence electrons. The topological polar surface area (TPSA) is 75.6 Å². The number of aliphatic carboxylic acids is 1. The van der Waals surface area contributed by atoms with E-state index in [2.05, 4.69) is 5.32 Å². The van der Waals surface area contributed by atoms with Crippen molar-refractivity contribution in [3.05, 3.63) is 0 Å². The average Bonchev–Trinajstić information content (AvgIpc) is 2.14. The van der Waals surface area contributed by atoms with Gasteiger partial charge in [-0.2, -0.15) is 0 Å². The first-order valence-corrected chi connectivity index (χ1v) is 5.11. The summed E-state index contributed by atoms with van der Waals surface area (Å²) in [6.07, 6.45) is 0.950. The van der Waals surface area contributed by atoms with Gasteiger partial charge in [0.15, 0.2) is 6.10 Å². The van der Waals surface area contributed by atoms with Crippen LogP contribution in [0.15, 0.2) is 0 Å². The quantitative estimate of drug-likeness (QED) is 0.660. The van der Waals surface area contributed by atoms with Crippen molar-refractivity contribution in [1.82, 2.24) is 5.32 Å². The third kappa shape index (κ3) is 6.90. The molecule has 2 atom stereocenters. The van der Waals surface area contributed by atoms with E-state index in [0.29, 0.717) is 0 Å². The molecular formula is C10H19NO4. The fourth-order valence-electron chi connectivity index (χ4n) is 1.09. The van der Waals surface area contributed by atoms with Crippen LogP contribution in [0.3, 0.4) is 0 Å². The van der Waals surface area contributed by atoms with E-state index in [4.69, 9.17) is 9.84 Å². The molecule has 0 aliphatic carbocycles. The van der Waals surface area contributed by atoms with Crippen LogP contribution >= 0.6 is 0 Å². The number of carbonyl (C=O) groups is 2. The van der Waals surface area contributed by atoms with E-state index in [1.807, 2.05) is 13.8 Å². The van der Waals surface area contributed by atoms with Crippen LogP contribution in [-0.2, 0) is 14.3 Å². The fraction of sp³-hybridized carbons (Fsp3) is 0.800. The van der Waals surface area contributed by atoms with E-state index in [1.54, 1.807) is 0 Å². The van der Waals surface area contributed by atoms with Gasteiger partial charge in [0.05, 0.1) is 0 Å². The summed E-state index contributed by atoms with van der Waals surface area (Å²) >= 11 is 0. The van der Waals surface area contributed by atoms with Crippen molar-refractivity contribution < 1.29 is 19.4 Å². The third-order valence-electron chi connectivity index (χ3n) is 1.94. The summed E-state index contributed by atoms with van der Waals surface area (Å²) in [5.74, 6) is -1.34. The second-order valence-corrected chi connectivity index (χ2v) is 3.55. The number of carbonyl (C=O) groups excluding carboxylic acids is 1. The van der Waals surface area contributed by atoms with Gasteiger partial charge in [0.25, 0.3) is 0 Å². The summed E-state index contributed by atoms with van der Waals surface area (Å²) in [5, 5.41) is 11.2. The number of ether oxygens (including phenoxy) is 1. The molecule has 0 radical (unpaired) electrons. The summed E-state index contributed by atoms with van der Waals surface area (Å²) in [6.45, 7) is 5.13. The molecule has 2 N–H and O–H groups in total. The van der Waals surface area contributed by atoms with Crippen LogP contribution in [0, 0.1) is 0 Å². The molecule has 0 aliphatic rings. The van der Waals surface area contributed by atoms with Crippen LogP contribution in [0.5, 0.6) is 0 Å². The minimum Gasteiger partial charge on any atom is -0.479 e. The average molecular weight is 217 g/mol. The molecule has 0 aromatic rings. The standard InChI is InChI=1S/C10H19NO4/c1-4-5-7(2)11-9(12)6-15-8(3)10(13)14/h7-8H,4-6H2,1-3H3,(H,11,12)(H,13,14). The van der Waals surface area contributed by atoms with E-state index in [9.17, 15) is 9.59 Å². The molecule has 0 saturated carbocycles. The monoisotopic (exact) mass is 217 g/mol. The van der Waals surface area contributed by atoms with Gasteiger partial charge in [-0.15, -0.1) is 0 Å². The molecule has 0 fully saturated rings. The summed E-state index contributed by atoms with van der Waals surface area (Å²) in [7, 11) is 0. The van der Waals surface area contributed by atoms with Gasteiger partial charge >= 0.3 is 5.97 Å². The van der Waals surface area contributed by atoms with Crippen molar-refractivity contribution in [3.63, 3.8) is 0 Å². The van der Waals surface area contributed by atoms with E-state index < -0.39 is 12.1 Å². The maximum Gasteiger partial charge on any atom is 0.332 e. The Morgan fingerprint density at radius 1 is 1.40 bits per heavy atom. The number of hydrogen-bond donors (Lipinski definition) is 2. The molecule has 0 aromatic carbocycles. The van der Waals surface area contributed by atoms with Crippen LogP contribution in [0.25, 0.3) is 0 Å². The normalized spacial score (nSPS) is 14.3. The lowest BCUT2D eigenvalue weighted by Crippen LogP contribution is -2.36. The molecule has 0 rings (SSSR count). The minimum absolute atomic E-state index is 0.103. The lowest BCUT2D eigenvalue weighted by molar-refractivity contribution is -0.150. The largest absolute Gasteiger partial charge is 0.479 e. The third-order valence-corrected chi connectivity index (χ3v) is 1.94. The first-order chi connectivity index (χ1) is 6.97. The Hall–Kier alpha value is -1.10. The maximum absolute atomic E-state index is 11.2. The van der Waals surface area contributed by atoms with Crippen molar-refractivity contribution in [2.75, 3.05) is 6.61 Å². The van der Waals surface area contributed by atoms with Gasteiger partial charge in [-0.1, -0.05) is 13.3 Å². The molecule has 5 heteroatoms. The summed E-state index contributed by atoms with van der Waals surface area (Å²) in [5.41, 5.74) is 0. The SMILES string of the molecule is CCCC(C)NC(=O)COC(C)C(=O)O. The molecule has 0 heterocycles. The number of amides is 1. The predicted molar refractivity (Wildman–Crippen MR) is 55.6 cm³/mol. The van der Waals surface area contributed by atoms with Gasteiger partial charge in [0, 0.05) is 6.04 Å². The molecule has 0 aliphatic heterocycles. The zero-order chi connectivity index (χ0) is 11.8. The van der Waals surface area contributed by atoms with E-state index in [0.717, 1.165) is 12.8 Å². The highest BCUT2D eigenvalue weighted by Gasteiger charge is 2.13. The van der Waals surface area contributed by atoms with E-state index >= 15 is 0 Å². The van der Waals surface area contributed by atoms with Gasteiger partial charge < -0.3 is 15.2 Å². The zero-order valence-corrected chi connectivity index (χ0v) is 9.45. The Bertz CT molecular complexity index is 217. The Kier molecular flexibility index (Phi) is 6.70. The second kappa shape index (κ2) is 7.23. The molecule has 15 heavy (non-hydrogen) atoms. The van der Waals surface area contributed by atoms with Crippen molar-refractivity contribution in [2.45, 2.75) is 45.8 Å². The predicted octanol–water partition coefficient (Wildman–Crippen LogP) is 0.781. The maximum atomic E-state index is 11.2. The van der Waals surface area contributed by atoms with Crippen molar-refractivity contribution in [2.24, 2.45) is 0 Å². The van der Waals surface area contributed by atoms with Crippen LogP contribution < -0.4 is 5.32 Å². The highest BCUT2D eigenvalue weighted by Crippen LogP contribution is 1.95. The van der Waals surface area contributed by atoms with Crippen LogP contribution in [0.4, 0.5) is 0 Å². The lowest BCUT2D eigenvalue weighted by atomic mass is 10.2. The first kappa shape index (κ1) is 13.9. The van der Waals surface area contributed by atoms with Crippen LogP contribution in [0.1, 0.15) is 33.6 Å². The summed E-state index contributed by atoms with van der Waals surface area (Å²) in [4.78, 5) is 21.6. The number of hydrogen-bond acceptors (Lipinski definition) is 3. The highest BCUT2D eigenvalue weighted by atomic mass is 16.5. The molecule has 5 nitrogen and oxygen atoms in total. The molecular weight excluding hydrogens is 198 g/mol.